The van der Waals surface area contributed by atoms with Gasteiger partial charge in [-0.25, -0.2) is 5.06 Å². The molecule has 0 heterocycles. The van der Waals surface area contributed by atoms with Crippen LogP contribution in [0.5, 0.6) is 0 Å². The number of esters is 1. The van der Waals surface area contributed by atoms with Crippen molar-refractivity contribution in [2.45, 2.75) is 47.5 Å². The summed E-state index contributed by atoms with van der Waals surface area (Å²) in [7, 11) is 3.03. The molecule has 0 aliphatic rings. The van der Waals surface area contributed by atoms with Gasteiger partial charge in [0.2, 0.25) is 0 Å². The van der Waals surface area contributed by atoms with E-state index in [2.05, 4.69) is 0 Å². The molecule has 0 aliphatic heterocycles. The Morgan fingerprint density at radius 1 is 1.09 bits per heavy atom. The van der Waals surface area contributed by atoms with E-state index in [0.29, 0.717) is 12.2 Å². The number of nitrogens with zero attached hydrogens (tertiary/aromatic N) is 1. The second-order valence-corrected chi connectivity index (χ2v) is 6.33. The Labute approximate surface area is 133 Å². The molecule has 0 aromatic rings. The van der Waals surface area contributed by atoms with Crippen LogP contribution >= 0.6 is 0 Å². The molecule has 0 atom stereocenters. The molecule has 0 saturated carbocycles. The van der Waals surface area contributed by atoms with Gasteiger partial charge in [-0.05, 0) is 53.0 Å². The van der Waals surface area contributed by atoms with Crippen LogP contribution in [-0.2, 0) is 19.2 Å². The van der Waals surface area contributed by atoms with Crippen LogP contribution in [0.3, 0.4) is 0 Å². The molecule has 5 nitrogen and oxygen atoms in total. The minimum atomic E-state index is -0.478. The number of amides is 1. The number of hydrogen-bond donors (Lipinski definition) is 0. The number of hydrogen-bond acceptors (Lipinski definition) is 4. The maximum Gasteiger partial charge on any atom is 0.311 e. The highest BCUT2D eigenvalue weighted by Gasteiger charge is 2.22. The minimum absolute atomic E-state index is 0.151. The van der Waals surface area contributed by atoms with Crippen molar-refractivity contribution in [2.75, 3.05) is 20.8 Å². The lowest BCUT2D eigenvalue weighted by Gasteiger charge is -2.16. The Kier molecular flexibility index (Phi) is 8.72. The Bertz CT molecular complexity index is 444. The third kappa shape index (κ3) is 7.98. The molecule has 5 heteroatoms. The number of carbonyl (C=O) groups excluding carboxylic acids is 2. The van der Waals surface area contributed by atoms with Crippen molar-refractivity contribution in [3.63, 3.8) is 0 Å². The largest absolute Gasteiger partial charge is 0.461 e. The van der Waals surface area contributed by atoms with E-state index in [-0.39, 0.29) is 11.9 Å². The van der Waals surface area contributed by atoms with Gasteiger partial charge in [-0.15, -0.1) is 0 Å². The monoisotopic (exact) mass is 311 g/mol. The molecule has 126 valence electrons. The molecule has 1 amide bonds. The maximum atomic E-state index is 11.7. The Morgan fingerprint density at radius 2 is 1.64 bits per heavy atom. The first-order valence-corrected chi connectivity index (χ1v) is 7.41. The van der Waals surface area contributed by atoms with E-state index in [1.165, 1.54) is 12.2 Å². The first-order chi connectivity index (χ1) is 10.1. The highest BCUT2D eigenvalue weighted by molar-refractivity contribution is 5.91. The van der Waals surface area contributed by atoms with E-state index in [9.17, 15) is 9.59 Å². The first-order valence-electron chi connectivity index (χ1n) is 7.41. The third-order valence-electron chi connectivity index (χ3n) is 3.05. The van der Waals surface area contributed by atoms with Crippen molar-refractivity contribution < 1.29 is 19.2 Å². The van der Waals surface area contributed by atoms with Crippen molar-refractivity contribution in [2.24, 2.45) is 5.41 Å². The molecule has 0 saturated heterocycles. The Balaban J connectivity index is 4.22. The zero-order valence-electron chi connectivity index (χ0n) is 14.9. The van der Waals surface area contributed by atoms with E-state index in [1.807, 2.05) is 39.8 Å². The topological polar surface area (TPSA) is 55.8 Å². The predicted molar refractivity (Wildman–Crippen MR) is 86.9 cm³/mol. The lowest BCUT2D eigenvalue weighted by Crippen LogP contribution is -2.25. The van der Waals surface area contributed by atoms with E-state index in [4.69, 9.17) is 9.57 Å². The smallest absolute Gasteiger partial charge is 0.311 e. The normalized spacial score (nSPS) is 13.0. The second kappa shape index (κ2) is 9.41. The van der Waals surface area contributed by atoms with Crippen LogP contribution in [0, 0.1) is 5.41 Å². The maximum absolute atomic E-state index is 11.7. The summed E-state index contributed by atoms with van der Waals surface area (Å²) in [5.41, 5.74) is 1.17. The first kappa shape index (κ1) is 20.4. The van der Waals surface area contributed by atoms with Gasteiger partial charge in [-0.1, -0.05) is 12.2 Å². The number of rotatable bonds is 7. The van der Waals surface area contributed by atoms with Gasteiger partial charge < -0.3 is 4.74 Å². The van der Waals surface area contributed by atoms with Gasteiger partial charge >= 0.3 is 5.97 Å². The van der Waals surface area contributed by atoms with Crippen LogP contribution in [0.1, 0.15) is 47.5 Å². The molecule has 0 aromatic carbocycles. The number of allylic oxidation sites excluding steroid dienone is 2. The van der Waals surface area contributed by atoms with Crippen molar-refractivity contribution >= 4 is 11.9 Å². The van der Waals surface area contributed by atoms with E-state index >= 15 is 0 Å². The summed E-state index contributed by atoms with van der Waals surface area (Å²) >= 11 is 0. The molecule has 0 spiro atoms. The van der Waals surface area contributed by atoms with Gasteiger partial charge in [0.05, 0.1) is 12.5 Å². The van der Waals surface area contributed by atoms with Gasteiger partial charge in [-0.3, -0.25) is 14.4 Å². The van der Waals surface area contributed by atoms with Crippen LogP contribution in [0.15, 0.2) is 23.3 Å². The number of unbranched alkanes of at least 4 members (excludes halogenated alkanes) is 1. The van der Waals surface area contributed by atoms with Gasteiger partial charge in [0.15, 0.2) is 0 Å². The highest BCUT2D eigenvalue weighted by atomic mass is 16.7. The van der Waals surface area contributed by atoms with Crippen molar-refractivity contribution in [3.8, 4) is 0 Å². The average molecular weight is 311 g/mol. The Hall–Kier alpha value is -1.62. The molecule has 0 aromatic heterocycles. The number of carbonyl (C=O) groups is 2. The van der Waals surface area contributed by atoms with Crippen molar-refractivity contribution in [1.29, 1.82) is 0 Å². The fourth-order valence-electron chi connectivity index (χ4n) is 1.50. The summed E-state index contributed by atoms with van der Waals surface area (Å²) in [5.74, 6) is -0.355. The zero-order chi connectivity index (χ0) is 17.3. The van der Waals surface area contributed by atoms with Gasteiger partial charge in [0.25, 0.3) is 5.91 Å². The van der Waals surface area contributed by atoms with E-state index in [1.54, 1.807) is 14.0 Å². The van der Waals surface area contributed by atoms with Gasteiger partial charge in [0, 0.05) is 12.6 Å². The second-order valence-electron chi connectivity index (χ2n) is 6.33. The molecule has 22 heavy (non-hydrogen) atoms. The van der Waals surface area contributed by atoms with E-state index in [0.717, 1.165) is 18.4 Å². The van der Waals surface area contributed by atoms with Crippen molar-refractivity contribution in [1.82, 2.24) is 5.06 Å². The summed E-state index contributed by atoms with van der Waals surface area (Å²) in [6.45, 7) is 9.49. The molecule has 0 bridgehead atoms. The molecule has 0 rings (SSSR count). The van der Waals surface area contributed by atoms with Crippen LogP contribution in [0.25, 0.3) is 0 Å². The average Bonchev–Trinajstić information content (AvgIpc) is 2.46. The van der Waals surface area contributed by atoms with Gasteiger partial charge in [-0.2, -0.15) is 0 Å². The fourth-order valence-corrected chi connectivity index (χ4v) is 1.50. The lowest BCUT2D eigenvalue weighted by molar-refractivity contribution is -0.163. The molecule has 0 N–H and O–H groups in total. The highest BCUT2D eigenvalue weighted by Crippen LogP contribution is 2.15. The Morgan fingerprint density at radius 3 is 2.14 bits per heavy atom. The number of hydroxylamine groups is 2. The zero-order valence-corrected chi connectivity index (χ0v) is 14.9. The molecular weight excluding hydrogens is 282 g/mol. The van der Waals surface area contributed by atoms with Crippen LogP contribution in [0.2, 0.25) is 0 Å². The third-order valence-corrected chi connectivity index (χ3v) is 3.05. The number of likely N-dealkylation sites (N-methyl/N-ethyl adjacent to an activating group) is 1. The summed E-state index contributed by atoms with van der Waals surface area (Å²) in [5, 5.41) is 1.19. The van der Waals surface area contributed by atoms with E-state index < -0.39 is 5.41 Å². The summed E-state index contributed by atoms with van der Waals surface area (Å²) in [6.07, 6.45) is 5.44. The molecule has 0 unspecified atom stereocenters. The summed E-state index contributed by atoms with van der Waals surface area (Å²) in [6, 6.07) is 0. The SMILES string of the molecule is CON(C)C(=O)/C(C)=C\CC/C=C(\C)COC(=O)C(C)(C)C. The standard InChI is InChI=1S/C17H29NO4/c1-13(12-22-16(20)17(3,4)5)10-8-9-11-14(2)15(19)18(6)21-7/h10-11H,8-9,12H2,1-7H3/b13-10+,14-11-. The fraction of sp³-hybridized carbons (Fsp3) is 0.647. The lowest BCUT2D eigenvalue weighted by atomic mass is 9.97. The van der Waals surface area contributed by atoms with Crippen LogP contribution < -0.4 is 0 Å². The number of ether oxygens (including phenoxy) is 1. The molecule has 0 radical (unpaired) electrons. The quantitative estimate of drug-likeness (QED) is 0.238. The molecular formula is C17H29NO4. The summed E-state index contributed by atoms with van der Waals surface area (Å²) < 4.78 is 5.23. The molecule has 0 aliphatic carbocycles. The van der Waals surface area contributed by atoms with Gasteiger partial charge in [0.1, 0.15) is 6.61 Å². The summed E-state index contributed by atoms with van der Waals surface area (Å²) in [4.78, 5) is 28.2. The minimum Gasteiger partial charge on any atom is -0.461 e. The molecule has 0 fully saturated rings. The van der Waals surface area contributed by atoms with Crippen molar-refractivity contribution in [3.05, 3.63) is 23.3 Å². The predicted octanol–water partition coefficient (Wildman–Crippen LogP) is 3.27. The van der Waals surface area contributed by atoms with Crippen LogP contribution in [0.4, 0.5) is 0 Å². The van der Waals surface area contributed by atoms with Crippen LogP contribution in [-0.4, -0.2) is 37.7 Å².